The van der Waals surface area contributed by atoms with Gasteiger partial charge in [0.15, 0.2) is 6.10 Å². The lowest BCUT2D eigenvalue weighted by atomic mass is 10.1. The number of benzene rings is 2. The van der Waals surface area contributed by atoms with Crippen molar-refractivity contribution in [3.8, 4) is 5.75 Å². The maximum atomic E-state index is 12.2. The molecule has 0 unspecified atom stereocenters. The van der Waals surface area contributed by atoms with Gasteiger partial charge in [0.2, 0.25) is 0 Å². The van der Waals surface area contributed by atoms with Crippen LogP contribution in [0, 0.1) is 13.8 Å². The molecule has 0 saturated heterocycles. The minimum absolute atomic E-state index is 0.370. The topological polar surface area (TPSA) is 64.6 Å². The van der Waals surface area contributed by atoms with Crippen molar-refractivity contribution in [1.82, 2.24) is 0 Å². The van der Waals surface area contributed by atoms with Crippen LogP contribution in [0.25, 0.3) is 6.08 Å². The number of methoxy groups -OCH3 is 1. The number of hydrogen-bond acceptors (Lipinski definition) is 4. The molecule has 0 bridgehead atoms. The first-order valence-corrected chi connectivity index (χ1v) is 8.30. The number of esters is 1. The van der Waals surface area contributed by atoms with Crippen molar-refractivity contribution in [2.24, 2.45) is 0 Å². The molecule has 0 radical (unpaired) electrons. The van der Waals surface area contributed by atoms with E-state index in [0.717, 1.165) is 22.4 Å². The molecule has 2 aromatic carbocycles. The molecule has 0 aromatic heterocycles. The molecule has 0 fully saturated rings. The molecule has 0 aliphatic heterocycles. The third kappa shape index (κ3) is 5.48. The lowest BCUT2D eigenvalue weighted by Gasteiger charge is -2.14. The fourth-order valence-corrected chi connectivity index (χ4v) is 2.25. The molecule has 0 saturated carbocycles. The Labute approximate surface area is 153 Å². The molecule has 5 nitrogen and oxygen atoms in total. The van der Waals surface area contributed by atoms with Crippen LogP contribution in [0.3, 0.4) is 0 Å². The van der Waals surface area contributed by atoms with Crippen LogP contribution in [-0.2, 0) is 14.3 Å². The van der Waals surface area contributed by atoms with Gasteiger partial charge in [-0.15, -0.1) is 0 Å². The van der Waals surface area contributed by atoms with Gasteiger partial charge in [-0.1, -0.05) is 24.3 Å². The quantitative estimate of drug-likeness (QED) is 0.632. The SMILES string of the molecule is COc1ccc(/C=C/C(=O)O[C@H](C)C(=O)Nc2cc(C)ccc2C)cc1. The summed E-state index contributed by atoms with van der Waals surface area (Å²) in [5.41, 5.74) is 3.53. The van der Waals surface area contributed by atoms with E-state index in [1.54, 1.807) is 32.2 Å². The van der Waals surface area contributed by atoms with Gasteiger partial charge in [0, 0.05) is 11.8 Å². The number of aryl methyl sites for hydroxylation is 2. The lowest BCUT2D eigenvalue weighted by molar-refractivity contribution is -0.148. The number of carbonyl (C=O) groups excluding carboxylic acids is 2. The van der Waals surface area contributed by atoms with E-state index >= 15 is 0 Å². The summed E-state index contributed by atoms with van der Waals surface area (Å²) in [6.45, 7) is 5.39. The van der Waals surface area contributed by atoms with Crippen molar-refractivity contribution in [3.05, 3.63) is 65.2 Å². The fourth-order valence-electron chi connectivity index (χ4n) is 2.25. The molecule has 26 heavy (non-hydrogen) atoms. The first-order valence-electron chi connectivity index (χ1n) is 8.30. The maximum absolute atomic E-state index is 12.2. The summed E-state index contributed by atoms with van der Waals surface area (Å²) in [5, 5.41) is 2.79. The Bertz CT molecular complexity index is 809. The molecule has 1 atom stereocenters. The van der Waals surface area contributed by atoms with Crippen LogP contribution < -0.4 is 10.1 Å². The smallest absolute Gasteiger partial charge is 0.331 e. The number of anilines is 1. The molecule has 2 aromatic rings. The van der Waals surface area contributed by atoms with Gasteiger partial charge >= 0.3 is 5.97 Å². The van der Waals surface area contributed by atoms with Gasteiger partial charge in [0.1, 0.15) is 5.75 Å². The lowest BCUT2D eigenvalue weighted by Crippen LogP contribution is -2.29. The Morgan fingerprint density at radius 3 is 2.42 bits per heavy atom. The van der Waals surface area contributed by atoms with Crippen molar-refractivity contribution >= 4 is 23.6 Å². The maximum Gasteiger partial charge on any atom is 0.331 e. The van der Waals surface area contributed by atoms with Crippen molar-refractivity contribution in [3.63, 3.8) is 0 Å². The van der Waals surface area contributed by atoms with Gasteiger partial charge in [-0.25, -0.2) is 4.79 Å². The van der Waals surface area contributed by atoms with E-state index < -0.39 is 12.1 Å². The zero-order chi connectivity index (χ0) is 19.1. The molecule has 2 rings (SSSR count). The number of nitrogens with one attached hydrogen (secondary N) is 1. The molecule has 0 aliphatic carbocycles. The second-order valence-corrected chi connectivity index (χ2v) is 5.99. The van der Waals surface area contributed by atoms with E-state index in [4.69, 9.17) is 9.47 Å². The Hall–Kier alpha value is -3.08. The van der Waals surface area contributed by atoms with E-state index in [-0.39, 0.29) is 5.91 Å². The number of rotatable bonds is 6. The minimum atomic E-state index is -0.900. The van der Waals surface area contributed by atoms with E-state index in [2.05, 4.69) is 5.32 Å². The average molecular weight is 353 g/mol. The van der Waals surface area contributed by atoms with Gasteiger partial charge in [-0.2, -0.15) is 0 Å². The molecule has 0 heterocycles. The van der Waals surface area contributed by atoms with Crippen LogP contribution in [0.2, 0.25) is 0 Å². The van der Waals surface area contributed by atoms with Crippen LogP contribution in [-0.4, -0.2) is 25.1 Å². The van der Waals surface area contributed by atoms with E-state index in [0.29, 0.717) is 5.69 Å². The van der Waals surface area contributed by atoms with Crippen LogP contribution >= 0.6 is 0 Å². The largest absolute Gasteiger partial charge is 0.497 e. The first-order chi connectivity index (χ1) is 12.4. The zero-order valence-electron chi connectivity index (χ0n) is 15.4. The van der Waals surface area contributed by atoms with Crippen LogP contribution in [0.4, 0.5) is 5.69 Å². The molecule has 0 spiro atoms. The van der Waals surface area contributed by atoms with Crippen molar-refractivity contribution in [1.29, 1.82) is 0 Å². The molecule has 136 valence electrons. The predicted molar refractivity (Wildman–Crippen MR) is 102 cm³/mol. The zero-order valence-corrected chi connectivity index (χ0v) is 15.4. The standard InChI is InChI=1S/C21H23NO4/c1-14-5-6-15(2)19(13-14)22-21(24)16(3)26-20(23)12-9-17-7-10-18(25-4)11-8-17/h5-13,16H,1-4H3,(H,22,24)/b12-9+/t16-/m1/s1. The second-order valence-electron chi connectivity index (χ2n) is 5.99. The van der Waals surface area contributed by atoms with E-state index in [9.17, 15) is 9.59 Å². The third-order valence-corrected chi connectivity index (χ3v) is 3.84. The second kappa shape index (κ2) is 8.85. The van der Waals surface area contributed by atoms with Crippen LogP contribution in [0.15, 0.2) is 48.5 Å². The Morgan fingerprint density at radius 1 is 1.08 bits per heavy atom. The van der Waals surface area contributed by atoms with Gasteiger partial charge in [-0.05, 0) is 61.7 Å². The molecule has 1 N–H and O–H groups in total. The van der Waals surface area contributed by atoms with Crippen molar-refractivity contribution in [2.45, 2.75) is 26.9 Å². The number of ether oxygens (including phenoxy) is 2. The minimum Gasteiger partial charge on any atom is -0.497 e. The molecule has 1 amide bonds. The van der Waals surface area contributed by atoms with Gasteiger partial charge in [0.25, 0.3) is 5.91 Å². The molecule has 5 heteroatoms. The highest BCUT2D eigenvalue weighted by Crippen LogP contribution is 2.17. The molecular weight excluding hydrogens is 330 g/mol. The summed E-state index contributed by atoms with van der Waals surface area (Å²) in [4.78, 5) is 24.1. The average Bonchev–Trinajstić information content (AvgIpc) is 2.63. The fraction of sp³-hybridized carbons (Fsp3) is 0.238. The summed E-state index contributed by atoms with van der Waals surface area (Å²) in [6, 6.07) is 13.0. The predicted octanol–water partition coefficient (Wildman–Crippen LogP) is 3.90. The summed E-state index contributed by atoms with van der Waals surface area (Å²) >= 11 is 0. The Kier molecular flexibility index (Phi) is 6.55. The Balaban J connectivity index is 1.91. The molecule has 0 aliphatic rings. The number of amides is 1. The van der Waals surface area contributed by atoms with E-state index in [1.165, 1.54) is 6.08 Å². The Morgan fingerprint density at radius 2 is 1.77 bits per heavy atom. The van der Waals surface area contributed by atoms with Gasteiger partial charge in [0.05, 0.1) is 7.11 Å². The van der Waals surface area contributed by atoms with Crippen molar-refractivity contribution in [2.75, 3.05) is 12.4 Å². The summed E-state index contributed by atoms with van der Waals surface area (Å²) in [7, 11) is 1.59. The highest BCUT2D eigenvalue weighted by molar-refractivity contribution is 5.97. The van der Waals surface area contributed by atoms with E-state index in [1.807, 2.05) is 44.2 Å². The number of carbonyl (C=O) groups is 2. The third-order valence-electron chi connectivity index (χ3n) is 3.84. The summed E-state index contributed by atoms with van der Waals surface area (Å²) in [6.07, 6.45) is 2.02. The monoisotopic (exact) mass is 353 g/mol. The van der Waals surface area contributed by atoms with Crippen LogP contribution in [0.1, 0.15) is 23.6 Å². The van der Waals surface area contributed by atoms with Gasteiger partial charge < -0.3 is 14.8 Å². The van der Waals surface area contributed by atoms with Gasteiger partial charge in [-0.3, -0.25) is 4.79 Å². The normalized spacial score (nSPS) is 11.8. The first kappa shape index (κ1) is 19.2. The number of hydrogen-bond donors (Lipinski definition) is 1. The molecular formula is C21H23NO4. The van der Waals surface area contributed by atoms with Crippen molar-refractivity contribution < 1.29 is 19.1 Å². The summed E-state index contributed by atoms with van der Waals surface area (Å²) < 4.78 is 10.2. The highest BCUT2D eigenvalue weighted by Gasteiger charge is 2.17. The van der Waals surface area contributed by atoms with Crippen LogP contribution in [0.5, 0.6) is 5.75 Å². The highest BCUT2D eigenvalue weighted by atomic mass is 16.5. The summed E-state index contributed by atoms with van der Waals surface area (Å²) in [5.74, 6) is -0.212.